The van der Waals surface area contributed by atoms with Crippen LogP contribution in [0.5, 0.6) is 0 Å². The quantitative estimate of drug-likeness (QED) is 0.207. The lowest BCUT2D eigenvalue weighted by Crippen LogP contribution is -2.53. The van der Waals surface area contributed by atoms with Crippen LogP contribution in [0.4, 0.5) is 10.5 Å². The van der Waals surface area contributed by atoms with Crippen molar-refractivity contribution < 1.29 is 38.2 Å². The van der Waals surface area contributed by atoms with E-state index >= 15 is 0 Å². The van der Waals surface area contributed by atoms with E-state index in [1.165, 1.54) is 0 Å². The summed E-state index contributed by atoms with van der Waals surface area (Å²) in [6.07, 6.45) is 3.73. The Balaban J connectivity index is 2.18. The maximum atomic E-state index is 13.3. The van der Waals surface area contributed by atoms with Crippen molar-refractivity contribution in [2.24, 2.45) is 5.92 Å². The van der Waals surface area contributed by atoms with Gasteiger partial charge in [0, 0.05) is 12.1 Å². The normalized spacial score (nSPS) is 16.8. The van der Waals surface area contributed by atoms with E-state index in [0.29, 0.717) is 12.1 Å². The molecule has 1 aliphatic rings. The molecule has 1 aromatic carbocycles. The molecule has 1 aromatic rings. The van der Waals surface area contributed by atoms with Gasteiger partial charge in [0.1, 0.15) is 6.04 Å². The van der Waals surface area contributed by atoms with Crippen LogP contribution < -0.4 is 16.0 Å². The SMILES string of the molecule is CCOP(=O)(OCC)C(O)[C@H](CCC(=O)Nc1ccccc1)NC(=O)[C@H](CC1CCCCC1)NC(=O)O. The van der Waals surface area contributed by atoms with Crippen molar-refractivity contribution in [3.8, 4) is 0 Å². The van der Waals surface area contributed by atoms with Gasteiger partial charge in [0.15, 0.2) is 5.85 Å². The van der Waals surface area contributed by atoms with Crippen LogP contribution >= 0.6 is 7.60 Å². The number of nitrogens with one attached hydrogen (secondary N) is 3. The lowest BCUT2D eigenvalue weighted by Gasteiger charge is -2.31. The van der Waals surface area contributed by atoms with Gasteiger partial charge in [0.25, 0.3) is 0 Å². The molecule has 1 saturated carbocycles. The van der Waals surface area contributed by atoms with Gasteiger partial charge in [-0.2, -0.15) is 0 Å². The first-order chi connectivity index (χ1) is 17.7. The molecule has 3 amide bonds. The van der Waals surface area contributed by atoms with Crippen LogP contribution in [0.2, 0.25) is 0 Å². The number of amides is 3. The molecule has 1 aliphatic carbocycles. The highest BCUT2D eigenvalue weighted by Crippen LogP contribution is 2.53. The molecule has 12 heteroatoms. The highest BCUT2D eigenvalue weighted by molar-refractivity contribution is 7.54. The lowest BCUT2D eigenvalue weighted by molar-refractivity contribution is -0.125. The first-order valence-electron chi connectivity index (χ1n) is 12.9. The summed E-state index contributed by atoms with van der Waals surface area (Å²) in [6.45, 7) is 3.18. The molecule has 0 heterocycles. The Hall–Kier alpha value is -2.46. The molecule has 0 aromatic heterocycles. The van der Waals surface area contributed by atoms with Crippen molar-refractivity contribution in [3.63, 3.8) is 0 Å². The molecule has 0 aliphatic heterocycles. The number of carbonyl (C=O) groups excluding carboxylic acids is 2. The zero-order valence-corrected chi connectivity index (χ0v) is 22.5. The number of carbonyl (C=O) groups is 3. The standard InChI is InChI=1S/C25H40N3O8P/c1-3-35-37(34,36-4-2)24(31)20(15-16-22(29)26-19-13-9-6-10-14-19)27-23(30)21(28-25(32)33)17-18-11-7-5-8-12-18/h6,9-10,13-14,18,20-21,24,28,31H,3-5,7-8,11-12,15-17H2,1-2H3,(H,26,29)(H,27,30)(H,32,33)/t20-,21-,24?/m0/s1. The molecule has 5 N–H and O–H groups in total. The van der Waals surface area contributed by atoms with Gasteiger partial charge < -0.3 is 35.2 Å². The Morgan fingerprint density at radius 3 is 2.22 bits per heavy atom. The van der Waals surface area contributed by atoms with Crippen LogP contribution in [0.15, 0.2) is 30.3 Å². The van der Waals surface area contributed by atoms with Gasteiger partial charge in [-0.05, 0) is 44.7 Å². The van der Waals surface area contributed by atoms with Crippen molar-refractivity contribution in [1.29, 1.82) is 0 Å². The smallest absolute Gasteiger partial charge is 0.405 e. The van der Waals surface area contributed by atoms with Gasteiger partial charge in [0.05, 0.1) is 19.3 Å². The number of aliphatic hydroxyl groups is 1. The summed E-state index contributed by atoms with van der Waals surface area (Å²) in [5.41, 5.74) is 0.584. The molecule has 208 valence electrons. The largest absolute Gasteiger partial charge is 0.465 e. The fourth-order valence-electron chi connectivity index (χ4n) is 4.52. The van der Waals surface area contributed by atoms with E-state index in [1.807, 2.05) is 6.07 Å². The second-order valence-electron chi connectivity index (χ2n) is 9.10. The van der Waals surface area contributed by atoms with Gasteiger partial charge in [-0.15, -0.1) is 0 Å². The molecule has 0 spiro atoms. The number of hydrogen-bond donors (Lipinski definition) is 5. The summed E-state index contributed by atoms with van der Waals surface area (Å²) in [5.74, 6) is -2.61. The minimum absolute atomic E-state index is 0.00558. The minimum atomic E-state index is -4.07. The van der Waals surface area contributed by atoms with Gasteiger partial charge in [-0.1, -0.05) is 50.3 Å². The van der Waals surface area contributed by atoms with Gasteiger partial charge in [-0.25, -0.2) is 4.79 Å². The average Bonchev–Trinajstić information content (AvgIpc) is 2.87. The van der Waals surface area contributed by atoms with Crippen LogP contribution in [0.25, 0.3) is 0 Å². The predicted octanol–water partition coefficient (Wildman–Crippen LogP) is 4.08. The number of rotatable bonds is 15. The second kappa shape index (κ2) is 15.7. The fraction of sp³-hybridized carbons (Fsp3) is 0.640. The number of para-hydroxylation sites is 1. The molecule has 37 heavy (non-hydrogen) atoms. The van der Waals surface area contributed by atoms with Crippen LogP contribution in [0.1, 0.15) is 65.2 Å². The Morgan fingerprint density at radius 2 is 1.65 bits per heavy atom. The summed E-state index contributed by atoms with van der Waals surface area (Å²) in [6, 6.07) is 6.53. The summed E-state index contributed by atoms with van der Waals surface area (Å²) in [5, 5.41) is 28.0. The van der Waals surface area contributed by atoms with E-state index < -0.39 is 37.5 Å². The Kier molecular flexibility index (Phi) is 13.1. The number of hydrogen-bond acceptors (Lipinski definition) is 7. The van der Waals surface area contributed by atoms with Crippen molar-refractivity contribution in [3.05, 3.63) is 30.3 Å². The molecule has 0 saturated heterocycles. The Morgan fingerprint density at radius 1 is 1.03 bits per heavy atom. The van der Waals surface area contributed by atoms with Crippen LogP contribution in [0, 0.1) is 5.92 Å². The molecule has 0 radical (unpaired) electrons. The predicted molar refractivity (Wildman–Crippen MR) is 139 cm³/mol. The molecule has 1 unspecified atom stereocenters. The first kappa shape index (κ1) is 30.8. The number of anilines is 1. The summed E-state index contributed by atoms with van der Waals surface area (Å²) < 4.78 is 23.8. The highest BCUT2D eigenvalue weighted by atomic mass is 31.2. The second-order valence-corrected chi connectivity index (χ2v) is 11.2. The fourth-order valence-corrected chi connectivity index (χ4v) is 6.28. The summed E-state index contributed by atoms with van der Waals surface area (Å²) >= 11 is 0. The first-order valence-corrected chi connectivity index (χ1v) is 14.5. The van der Waals surface area contributed by atoms with Crippen LogP contribution in [-0.4, -0.2) is 59.3 Å². The third-order valence-corrected chi connectivity index (χ3v) is 8.52. The van der Waals surface area contributed by atoms with Crippen LogP contribution in [-0.2, 0) is 23.2 Å². The minimum Gasteiger partial charge on any atom is -0.465 e. The molecule has 2 rings (SSSR count). The number of benzene rings is 1. The van der Waals surface area contributed by atoms with Crippen molar-refractivity contribution in [1.82, 2.24) is 10.6 Å². The van der Waals surface area contributed by atoms with Gasteiger partial charge in [0.2, 0.25) is 11.8 Å². The topological polar surface area (TPSA) is 163 Å². The monoisotopic (exact) mass is 541 g/mol. The maximum absolute atomic E-state index is 13.3. The van der Waals surface area contributed by atoms with Crippen molar-refractivity contribution >= 4 is 31.2 Å². The Bertz CT molecular complexity index is 900. The van der Waals surface area contributed by atoms with Crippen LogP contribution in [0.3, 0.4) is 0 Å². The summed E-state index contributed by atoms with van der Waals surface area (Å²) in [4.78, 5) is 37.2. The van der Waals surface area contributed by atoms with E-state index in [1.54, 1.807) is 38.1 Å². The van der Waals surface area contributed by atoms with E-state index in [-0.39, 0.29) is 37.9 Å². The van der Waals surface area contributed by atoms with Crippen molar-refractivity contribution in [2.45, 2.75) is 83.1 Å². The van der Waals surface area contributed by atoms with Gasteiger partial charge >= 0.3 is 13.7 Å². The van der Waals surface area contributed by atoms with E-state index in [2.05, 4.69) is 16.0 Å². The van der Waals surface area contributed by atoms with E-state index in [0.717, 1.165) is 32.1 Å². The van der Waals surface area contributed by atoms with E-state index in [9.17, 15) is 29.2 Å². The summed E-state index contributed by atoms with van der Waals surface area (Å²) in [7, 11) is -4.07. The third-order valence-electron chi connectivity index (χ3n) is 6.28. The molecule has 11 nitrogen and oxygen atoms in total. The molecule has 3 atom stereocenters. The zero-order valence-electron chi connectivity index (χ0n) is 21.6. The zero-order chi connectivity index (χ0) is 27.3. The average molecular weight is 542 g/mol. The molecular weight excluding hydrogens is 501 g/mol. The maximum Gasteiger partial charge on any atom is 0.405 e. The molecule has 0 bridgehead atoms. The van der Waals surface area contributed by atoms with Crippen molar-refractivity contribution in [2.75, 3.05) is 18.5 Å². The molecular formula is C25H40N3O8P. The third kappa shape index (κ3) is 10.4. The molecule has 1 fully saturated rings. The number of aliphatic hydroxyl groups excluding tert-OH is 1. The Labute approximate surface area is 218 Å². The number of carboxylic acid groups (broad SMARTS) is 1. The van der Waals surface area contributed by atoms with E-state index in [4.69, 9.17) is 9.05 Å². The van der Waals surface area contributed by atoms with Gasteiger partial charge in [-0.3, -0.25) is 14.2 Å². The highest BCUT2D eigenvalue weighted by Gasteiger charge is 2.41. The lowest BCUT2D eigenvalue weighted by atomic mass is 9.84.